The molecule has 0 aliphatic heterocycles. The largest absolute Gasteiger partial charge is 0.399 e. The third-order valence-corrected chi connectivity index (χ3v) is 2.54. The first-order valence-corrected chi connectivity index (χ1v) is 5.19. The highest BCUT2D eigenvalue weighted by Gasteiger charge is 2.21. The van der Waals surface area contributed by atoms with Crippen molar-refractivity contribution in [2.75, 3.05) is 5.73 Å². The van der Waals surface area contributed by atoms with E-state index in [0.29, 0.717) is 6.42 Å². The number of rotatable bonds is 2. The van der Waals surface area contributed by atoms with Gasteiger partial charge in [-0.1, -0.05) is 32.9 Å². The van der Waals surface area contributed by atoms with Crippen LogP contribution in [-0.2, 0) is 11.2 Å². The van der Waals surface area contributed by atoms with Crippen molar-refractivity contribution in [1.29, 1.82) is 0 Å². The second-order valence-corrected chi connectivity index (χ2v) is 5.04. The lowest BCUT2D eigenvalue weighted by Crippen LogP contribution is -2.22. The molecule has 0 bridgehead atoms. The summed E-state index contributed by atoms with van der Waals surface area (Å²) >= 11 is 0. The molecule has 2 heteroatoms. The maximum Gasteiger partial charge on any atom is 0.142 e. The van der Waals surface area contributed by atoms with E-state index in [0.717, 1.165) is 16.8 Å². The van der Waals surface area contributed by atoms with Crippen molar-refractivity contribution in [1.82, 2.24) is 0 Å². The van der Waals surface area contributed by atoms with Crippen molar-refractivity contribution in [3.8, 4) is 0 Å². The monoisotopic (exact) mass is 205 g/mol. The molecule has 1 aromatic carbocycles. The van der Waals surface area contributed by atoms with Gasteiger partial charge in [-0.25, -0.2) is 0 Å². The van der Waals surface area contributed by atoms with Crippen LogP contribution in [0.5, 0.6) is 0 Å². The molecular weight excluding hydrogens is 186 g/mol. The fourth-order valence-corrected chi connectivity index (χ4v) is 1.30. The van der Waals surface area contributed by atoms with Gasteiger partial charge in [0.15, 0.2) is 0 Å². The number of anilines is 1. The van der Waals surface area contributed by atoms with Gasteiger partial charge in [0.2, 0.25) is 0 Å². The molecule has 82 valence electrons. The summed E-state index contributed by atoms with van der Waals surface area (Å²) in [6.45, 7) is 7.79. The Balaban J connectivity index is 2.83. The van der Waals surface area contributed by atoms with E-state index in [4.69, 9.17) is 5.73 Å². The van der Waals surface area contributed by atoms with Crippen LogP contribution in [0.25, 0.3) is 0 Å². The van der Waals surface area contributed by atoms with Gasteiger partial charge >= 0.3 is 0 Å². The van der Waals surface area contributed by atoms with Gasteiger partial charge in [-0.3, -0.25) is 4.79 Å². The summed E-state index contributed by atoms with van der Waals surface area (Å²) in [5, 5.41) is 0. The Morgan fingerprint density at radius 2 is 1.93 bits per heavy atom. The van der Waals surface area contributed by atoms with Crippen LogP contribution < -0.4 is 5.73 Å². The quantitative estimate of drug-likeness (QED) is 0.754. The Kier molecular flexibility index (Phi) is 3.18. The lowest BCUT2D eigenvalue weighted by atomic mass is 9.87. The predicted molar refractivity (Wildman–Crippen MR) is 63.8 cm³/mol. The molecule has 0 aliphatic rings. The first-order chi connectivity index (χ1) is 6.80. The van der Waals surface area contributed by atoms with Crippen LogP contribution in [0.1, 0.15) is 31.9 Å². The van der Waals surface area contributed by atoms with E-state index >= 15 is 0 Å². The molecule has 0 unspecified atom stereocenters. The Bertz CT molecular complexity index is 375. The van der Waals surface area contributed by atoms with Crippen LogP contribution in [0.2, 0.25) is 0 Å². The summed E-state index contributed by atoms with van der Waals surface area (Å²) in [7, 11) is 0. The number of nitrogen functional groups attached to an aromatic ring is 1. The highest BCUT2D eigenvalue weighted by Crippen LogP contribution is 2.19. The lowest BCUT2D eigenvalue weighted by Gasteiger charge is -2.16. The minimum absolute atomic E-state index is 0.256. The number of carbonyl (C=O) groups excluding carboxylic acids is 1. The standard InChI is InChI=1S/C13H19NO/c1-9-7-10(5-6-11(9)14)8-12(15)13(2,3)4/h5-7H,8,14H2,1-4H3. The van der Waals surface area contributed by atoms with Crippen molar-refractivity contribution in [3.05, 3.63) is 29.3 Å². The smallest absolute Gasteiger partial charge is 0.142 e. The van der Waals surface area contributed by atoms with Gasteiger partial charge in [-0.2, -0.15) is 0 Å². The molecule has 0 heterocycles. The second kappa shape index (κ2) is 4.05. The van der Waals surface area contributed by atoms with E-state index in [9.17, 15) is 4.79 Å². The van der Waals surface area contributed by atoms with Crippen LogP contribution >= 0.6 is 0 Å². The topological polar surface area (TPSA) is 43.1 Å². The first-order valence-electron chi connectivity index (χ1n) is 5.19. The SMILES string of the molecule is Cc1cc(CC(=O)C(C)(C)C)ccc1N. The van der Waals surface area contributed by atoms with Gasteiger partial charge in [0.25, 0.3) is 0 Å². The van der Waals surface area contributed by atoms with Crippen molar-refractivity contribution < 1.29 is 4.79 Å². The Morgan fingerprint density at radius 1 is 1.33 bits per heavy atom. The average Bonchev–Trinajstić information content (AvgIpc) is 2.10. The zero-order chi connectivity index (χ0) is 11.6. The van der Waals surface area contributed by atoms with Crippen molar-refractivity contribution in [2.45, 2.75) is 34.1 Å². The highest BCUT2D eigenvalue weighted by molar-refractivity contribution is 5.85. The van der Waals surface area contributed by atoms with Gasteiger partial charge in [0.1, 0.15) is 5.78 Å². The summed E-state index contributed by atoms with van der Waals surface area (Å²) in [4.78, 5) is 11.8. The molecule has 0 amide bonds. The number of benzene rings is 1. The number of carbonyl (C=O) groups is 1. The number of ketones is 1. The third-order valence-electron chi connectivity index (χ3n) is 2.54. The molecule has 0 aliphatic carbocycles. The normalized spacial score (nSPS) is 11.5. The van der Waals surface area contributed by atoms with Gasteiger partial charge < -0.3 is 5.73 Å². The molecule has 0 fully saturated rings. The Labute approximate surface area is 91.5 Å². The highest BCUT2D eigenvalue weighted by atomic mass is 16.1. The number of hydrogen-bond acceptors (Lipinski definition) is 2. The van der Waals surface area contributed by atoms with Crippen LogP contribution in [0.15, 0.2) is 18.2 Å². The van der Waals surface area contributed by atoms with E-state index in [1.807, 2.05) is 45.9 Å². The number of nitrogens with two attached hydrogens (primary N) is 1. The fraction of sp³-hybridized carbons (Fsp3) is 0.462. The second-order valence-electron chi connectivity index (χ2n) is 5.04. The van der Waals surface area contributed by atoms with E-state index in [2.05, 4.69) is 0 Å². The van der Waals surface area contributed by atoms with Gasteiger partial charge in [-0.05, 0) is 24.1 Å². The fourth-order valence-electron chi connectivity index (χ4n) is 1.30. The van der Waals surface area contributed by atoms with Gasteiger partial charge in [0.05, 0.1) is 0 Å². The molecule has 0 radical (unpaired) electrons. The zero-order valence-electron chi connectivity index (χ0n) is 9.92. The predicted octanol–water partition coefficient (Wildman–Crippen LogP) is 2.73. The van der Waals surface area contributed by atoms with Crippen molar-refractivity contribution >= 4 is 11.5 Å². The first kappa shape index (κ1) is 11.8. The minimum Gasteiger partial charge on any atom is -0.399 e. The summed E-state index contributed by atoms with van der Waals surface area (Å²) in [5.41, 5.74) is 8.31. The molecule has 0 atom stereocenters. The molecular formula is C13H19NO. The molecule has 0 saturated heterocycles. The Morgan fingerprint density at radius 3 is 2.40 bits per heavy atom. The molecule has 15 heavy (non-hydrogen) atoms. The van der Waals surface area contributed by atoms with E-state index in [-0.39, 0.29) is 11.2 Å². The number of hydrogen-bond donors (Lipinski definition) is 1. The molecule has 0 saturated carbocycles. The molecule has 1 rings (SSSR count). The maximum atomic E-state index is 11.8. The number of Topliss-reactive ketones (excluding diaryl/α,β-unsaturated/α-hetero) is 1. The molecule has 1 aromatic rings. The van der Waals surface area contributed by atoms with E-state index in [1.54, 1.807) is 0 Å². The van der Waals surface area contributed by atoms with Gasteiger partial charge in [0, 0.05) is 17.5 Å². The van der Waals surface area contributed by atoms with Crippen LogP contribution in [-0.4, -0.2) is 5.78 Å². The van der Waals surface area contributed by atoms with Crippen LogP contribution in [0.4, 0.5) is 5.69 Å². The molecule has 0 spiro atoms. The number of aryl methyl sites for hydroxylation is 1. The van der Waals surface area contributed by atoms with Crippen molar-refractivity contribution in [3.63, 3.8) is 0 Å². The summed E-state index contributed by atoms with van der Waals surface area (Å²) < 4.78 is 0. The van der Waals surface area contributed by atoms with E-state index in [1.165, 1.54) is 0 Å². The maximum absolute atomic E-state index is 11.8. The molecule has 0 aromatic heterocycles. The summed E-state index contributed by atoms with van der Waals surface area (Å²) in [6.07, 6.45) is 0.491. The van der Waals surface area contributed by atoms with Crippen molar-refractivity contribution in [2.24, 2.45) is 5.41 Å². The lowest BCUT2D eigenvalue weighted by molar-refractivity contribution is -0.125. The van der Waals surface area contributed by atoms with E-state index < -0.39 is 0 Å². The zero-order valence-corrected chi connectivity index (χ0v) is 9.92. The third kappa shape index (κ3) is 3.08. The Hall–Kier alpha value is -1.31. The minimum atomic E-state index is -0.269. The average molecular weight is 205 g/mol. The molecule has 2 nitrogen and oxygen atoms in total. The van der Waals surface area contributed by atoms with Crippen LogP contribution in [0, 0.1) is 12.3 Å². The summed E-state index contributed by atoms with van der Waals surface area (Å²) in [5.74, 6) is 0.256. The molecule has 2 N–H and O–H groups in total. The van der Waals surface area contributed by atoms with Crippen LogP contribution in [0.3, 0.4) is 0 Å². The summed E-state index contributed by atoms with van der Waals surface area (Å²) in [6, 6.07) is 5.77. The van der Waals surface area contributed by atoms with Gasteiger partial charge in [-0.15, -0.1) is 0 Å².